The normalized spacial score (nSPS) is 18.0. The van der Waals surface area contributed by atoms with Gasteiger partial charge in [-0.25, -0.2) is 4.98 Å². The van der Waals surface area contributed by atoms with E-state index in [0.29, 0.717) is 11.7 Å². The monoisotopic (exact) mass is 333 g/mol. The van der Waals surface area contributed by atoms with Crippen LogP contribution in [-0.2, 0) is 9.59 Å². The second-order valence-corrected chi connectivity index (χ2v) is 7.18. The molecule has 122 valence electrons. The third-order valence-electron chi connectivity index (χ3n) is 3.78. The number of anilines is 2. The quantitative estimate of drug-likeness (QED) is 0.930. The summed E-state index contributed by atoms with van der Waals surface area (Å²) in [4.78, 5) is 31.3. The molecule has 2 aromatic rings. The van der Waals surface area contributed by atoms with E-state index in [1.165, 1.54) is 11.3 Å². The molecule has 1 aliphatic rings. The molecule has 3 rings (SSSR count). The maximum Gasteiger partial charge on any atom is 0.231 e. The first kappa shape index (κ1) is 15.7. The Bertz CT molecular complexity index is 736. The fraction of sp³-hybridized carbons (Fsp3) is 0.467. The number of nitrogens with one attached hydrogen (secondary N) is 1. The number of rotatable bonds is 4. The zero-order valence-corrected chi connectivity index (χ0v) is 14.1. The molecule has 8 heteroatoms. The molecule has 0 radical (unpaired) electrons. The van der Waals surface area contributed by atoms with Crippen molar-refractivity contribution in [2.75, 3.05) is 16.8 Å². The molecule has 1 saturated heterocycles. The van der Waals surface area contributed by atoms with Crippen molar-refractivity contribution in [3.05, 3.63) is 23.5 Å². The number of aryl methyl sites for hydroxylation is 1. The van der Waals surface area contributed by atoms with Gasteiger partial charge in [-0.2, -0.15) is 5.10 Å². The number of nitrogens with zero attached hydrogens (tertiary/aromatic N) is 4. The molecule has 2 aromatic heterocycles. The molecule has 1 N–H and O–H groups in total. The van der Waals surface area contributed by atoms with Gasteiger partial charge in [0.05, 0.1) is 17.8 Å². The summed E-state index contributed by atoms with van der Waals surface area (Å²) < 4.78 is 1.80. The first-order chi connectivity index (χ1) is 10.9. The number of thiazole rings is 1. The third-order valence-corrected chi connectivity index (χ3v) is 4.60. The van der Waals surface area contributed by atoms with Gasteiger partial charge in [0.2, 0.25) is 11.8 Å². The van der Waals surface area contributed by atoms with Crippen LogP contribution >= 0.6 is 11.3 Å². The Morgan fingerprint density at radius 2 is 2.22 bits per heavy atom. The first-order valence-electron chi connectivity index (χ1n) is 7.52. The molecule has 1 aliphatic heterocycles. The molecule has 1 fully saturated rings. The van der Waals surface area contributed by atoms with E-state index < -0.39 is 0 Å². The van der Waals surface area contributed by atoms with Crippen LogP contribution < -0.4 is 10.2 Å². The van der Waals surface area contributed by atoms with Gasteiger partial charge in [-0.3, -0.25) is 14.3 Å². The van der Waals surface area contributed by atoms with E-state index in [9.17, 15) is 9.59 Å². The van der Waals surface area contributed by atoms with Crippen molar-refractivity contribution < 1.29 is 9.59 Å². The van der Waals surface area contributed by atoms with E-state index in [0.717, 1.165) is 10.6 Å². The van der Waals surface area contributed by atoms with E-state index >= 15 is 0 Å². The Morgan fingerprint density at radius 1 is 1.43 bits per heavy atom. The molecule has 0 saturated carbocycles. The second-order valence-electron chi connectivity index (χ2n) is 5.94. The predicted molar refractivity (Wildman–Crippen MR) is 88.6 cm³/mol. The molecule has 3 heterocycles. The fourth-order valence-corrected chi connectivity index (χ4v) is 3.17. The summed E-state index contributed by atoms with van der Waals surface area (Å²) in [5.41, 5.74) is 0.740. The first-order valence-corrected chi connectivity index (χ1v) is 8.33. The van der Waals surface area contributed by atoms with E-state index in [1.54, 1.807) is 22.0 Å². The van der Waals surface area contributed by atoms with Crippen molar-refractivity contribution >= 4 is 34.0 Å². The molecule has 0 spiro atoms. The van der Waals surface area contributed by atoms with Gasteiger partial charge in [0.15, 0.2) is 5.13 Å². The lowest BCUT2D eigenvalue weighted by Gasteiger charge is -2.14. The van der Waals surface area contributed by atoms with Crippen LogP contribution in [0.4, 0.5) is 10.8 Å². The minimum absolute atomic E-state index is 0.0521. The van der Waals surface area contributed by atoms with Crippen LogP contribution in [0, 0.1) is 12.8 Å². The van der Waals surface area contributed by atoms with Crippen molar-refractivity contribution in [3.8, 4) is 0 Å². The fourth-order valence-electron chi connectivity index (χ4n) is 2.50. The van der Waals surface area contributed by atoms with Crippen molar-refractivity contribution in [2.45, 2.75) is 33.2 Å². The van der Waals surface area contributed by atoms with Crippen LogP contribution in [0.3, 0.4) is 0 Å². The van der Waals surface area contributed by atoms with Gasteiger partial charge in [-0.15, -0.1) is 11.3 Å². The average molecular weight is 333 g/mol. The van der Waals surface area contributed by atoms with Crippen molar-refractivity contribution in [3.63, 3.8) is 0 Å². The summed E-state index contributed by atoms with van der Waals surface area (Å²) in [6, 6.07) is 0.230. The summed E-state index contributed by atoms with van der Waals surface area (Å²) in [7, 11) is 0. The molecular weight excluding hydrogens is 314 g/mol. The Morgan fingerprint density at radius 3 is 2.83 bits per heavy atom. The van der Waals surface area contributed by atoms with Crippen LogP contribution in [0.5, 0.6) is 0 Å². The van der Waals surface area contributed by atoms with Gasteiger partial charge >= 0.3 is 0 Å². The molecule has 0 unspecified atom stereocenters. The molecular formula is C15H19N5O2S. The van der Waals surface area contributed by atoms with Gasteiger partial charge < -0.3 is 10.2 Å². The number of hydrogen-bond acceptors (Lipinski definition) is 5. The van der Waals surface area contributed by atoms with Gasteiger partial charge in [0.25, 0.3) is 0 Å². The van der Waals surface area contributed by atoms with Crippen molar-refractivity contribution in [2.24, 2.45) is 5.92 Å². The summed E-state index contributed by atoms with van der Waals surface area (Å²) >= 11 is 1.42. The van der Waals surface area contributed by atoms with E-state index in [-0.39, 0.29) is 30.2 Å². The molecule has 0 aliphatic carbocycles. The van der Waals surface area contributed by atoms with E-state index in [1.807, 2.05) is 27.0 Å². The SMILES string of the molecule is Cc1cnc(NC(=O)[C@@H]2CC(=O)N(c3cnn(C(C)C)c3)C2)s1. The zero-order chi connectivity index (χ0) is 16.6. The van der Waals surface area contributed by atoms with Crippen LogP contribution in [0.15, 0.2) is 18.6 Å². The number of carbonyl (C=O) groups excluding carboxylic acids is 2. The number of amides is 2. The highest BCUT2D eigenvalue weighted by Crippen LogP contribution is 2.27. The minimum Gasteiger partial charge on any atom is -0.309 e. The van der Waals surface area contributed by atoms with Gasteiger partial charge in [0.1, 0.15) is 0 Å². The lowest BCUT2D eigenvalue weighted by atomic mass is 10.1. The highest BCUT2D eigenvalue weighted by atomic mass is 32.1. The molecule has 7 nitrogen and oxygen atoms in total. The maximum absolute atomic E-state index is 12.3. The standard InChI is InChI=1S/C15H19N5O2S/c1-9(2)20-8-12(6-17-20)19-7-11(4-13(19)21)14(22)18-15-16-5-10(3)23-15/h5-6,8-9,11H,4,7H2,1-3H3,(H,16,18,22)/t11-/m1/s1. The predicted octanol–water partition coefficient (Wildman–Crippen LogP) is 2.22. The van der Waals surface area contributed by atoms with E-state index in [2.05, 4.69) is 15.4 Å². The van der Waals surface area contributed by atoms with Crippen LogP contribution in [-0.4, -0.2) is 33.1 Å². The highest BCUT2D eigenvalue weighted by molar-refractivity contribution is 7.15. The molecule has 2 amide bonds. The Balaban J connectivity index is 1.67. The summed E-state index contributed by atoms with van der Waals surface area (Å²) in [5, 5.41) is 7.61. The van der Waals surface area contributed by atoms with E-state index in [4.69, 9.17) is 0 Å². The second kappa shape index (κ2) is 6.11. The Kier molecular flexibility index (Phi) is 4.16. The minimum atomic E-state index is -0.367. The Hall–Kier alpha value is -2.22. The smallest absolute Gasteiger partial charge is 0.231 e. The lowest BCUT2D eigenvalue weighted by molar-refractivity contribution is -0.122. The summed E-state index contributed by atoms with van der Waals surface area (Å²) in [5.74, 6) is -0.579. The lowest BCUT2D eigenvalue weighted by Crippen LogP contribution is -2.27. The number of carbonyl (C=O) groups is 2. The van der Waals surface area contributed by atoms with Crippen LogP contribution in [0.1, 0.15) is 31.2 Å². The summed E-state index contributed by atoms with van der Waals surface area (Å²) in [6.07, 6.45) is 5.44. The molecule has 23 heavy (non-hydrogen) atoms. The van der Waals surface area contributed by atoms with Gasteiger partial charge in [-0.1, -0.05) is 0 Å². The zero-order valence-electron chi connectivity index (χ0n) is 13.3. The number of hydrogen-bond donors (Lipinski definition) is 1. The van der Waals surface area contributed by atoms with Crippen molar-refractivity contribution in [1.82, 2.24) is 14.8 Å². The Labute approximate surface area is 138 Å². The third kappa shape index (κ3) is 3.26. The van der Waals surface area contributed by atoms with Crippen LogP contribution in [0.25, 0.3) is 0 Å². The molecule has 0 aromatic carbocycles. The topological polar surface area (TPSA) is 80.1 Å². The number of aromatic nitrogens is 3. The van der Waals surface area contributed by atoms with Crippen LogP contribution in [0.2, 0.25) is 0 Å². The maximum atomic E-state index is 12.3. The van der Waals surface area contributed by atoms with Crippen molar-refractivity contribution in [1.29, 1.82) is 0 Å². The van der Waals surface area contributed by atoms with Gasteiger partial charge in [0, 0.05) is 36.3 Å². The summed E-state index contributed by atoms with van der Waals surface area (Å²) in [6.45, 7) is 6.35. The average Bonchev–Trinajstić information content (AvgIpc) is 3.18. The molecule has 1 atom stereocenters. The molecule has 0 bridgehead atoms. The van der Waals surface area contributed by atoms with Gasteiger partial charge in [-0.05, 0) is 20.8 Å². The largest absolute Gasteiger partial charge is 0.309 e. The highest BCUT2D eigenvalue weighted by Gasteiger charge is 2.36.